The molecule has 2 heterocycles. The summed E-state index contributed by atoms with van der Waals surface area (Å²) in [5.41, 5.74) is 0.985. The molecule has 0 spiro atoms. The maximum Gasteiger partial charge on any atom is 0.260 e. The third-order valence-electron chi connectivity index (χ3n) is 4.17. The van der Waals surface area contributed by atoms with Crippen LogP contribution < -0.4 is 5.32 Å². The molecule has 1 unspecified atom stereocenters. The van der Waals surface area contributed by atoms with E-state index in [1.807, 2.05) is 13.1 Å². The van der Waals surface area contributed by atoms with E-state index in [0.29, 0.717) is 25.6 Å². The van der Waals surface area contributed by atoms with Gasteiger partial charge in [0.05, 0.1) is 0 Å². The third kappa shape index (κ3) is 4.02. The van der Waals surface area contributed by atoms with Crippen LogP contribution in [0.4, 0.5) is 0 Å². The maximum atomic E-state index is 12.7. The second kappa shape index (κ2) is 7.33. The summed E-state index contributed by atoms with van der Waals surface area (Å²) in [6, 6.07) is 3.44. The molecular formula is C15H25N3O2S. The molecule has 0 aromatic carbocycles. The van der Waals surface area contributed by atoms with Crippen LogP contribution in [0.25, 0.3) is 0 Å². The Morgan fingerprint density at radius 1 is 1.33 bits per heavy atom. The molecular weight excluding hydrogens is 286 g/mol. The Morgan fingerprint density at radius 3 is 2.76 bits per heavy atom. The van der Waals surface area contributed by atoms with Crippen molar-refractivity contribution in [2.24, 2.45) is 5.92 Å². The largest absolute Gasteiger partial charge is 0.316 e. The van der Waals surface area contributed by atoms with Crippen LogP contribution in [-0.2, 0) is 16.6 Å². The molecule has 0 radical (unpaired) electrons. The van der Waals surface area contributed by atoms with Crippen molar-refractivity contribution in [3.05, 3.63) is 23.9 Å². The first-order valence-corrected chi connectivity index (χ1v) is 9.11. The first kappa shape index (κ1) is 16.4. The first-order valence-electron chi connectivity index (χ1n) is 7.67. The van der Waals surface area contributed by atoms with E-state index in [1.54, 1.807) is 16.6 Å². The van der Waals surface area contributed by atoms with Gasteiger partial charge in [-0.3, -0.25) is 0 Å². The van der Waals surface area contributed by atoms with Gasteiger partial charge in [-0.05, 0) is 43.9 Å². The van der Waals surface area contributed by atoms with E-state index in [1.165, 1.54) is 0 Å². The summed E-state index contributed by atoms with van der Waals surface area (Å²) < 4.78 is 26.9. The summed E-state index contributed by atoms with van der Waals surface area (Å²) >= 11 is 0. The predicted octanol–water partition coefficient (Wildman–Crippen LogP) is 2.00. The highest BCUT2D eigenvalue weighted by molar-refractivity contribution is 7.89. The fourth-order valence-electron chi connectivity index (χ4n) is 2.79. The predicted molar refractivity (Wildman–Crippen MR) is 83.4 cm³/mol. The van der Waals surface area contributed by atoms with Crippen molar-refractivity contribution in [2.75, 3.05) is 20.1 Å². The smallest absolute Gasteiger partial charge is 0.260 e. The number of nitrogens with zero attached hydrogens (tertiary/aromatic N) is 2. The molecule has 1 N–H and O–H groups in total. The van der Waals surface area contributed by atoms with Crippen LogP contribution in [0.2, 0.25) is 0 Å². The SMILES string of the molecule is CCC1CCCN(S(=O)(=O)c2ccc(CNC)cn2)CC1. The van der Waals surface area contributed by atoms with Gasteiger partial charge < -0.3 is 5.32 Å². The minimum atomic E-state index is -3.45. The molecule has 0 amide bonds. The summed E-state index contributed by atoms with van der Waals surface area (Å²) in [4.78, 5) is 4.14. The average molecular weight is 311 g/mol. The van der Waals surface area contributed by atoms with Crippen molar-refractivity contribution in [3.63, 3.8) is 0 Å². The van der Waals surface area contributed by atoms with Gasteiger partial charge in [-0.2, -0.15) is 4.31 Å². The van der Waals surface area contributed by atoms with Crippen LogP contribution in [0, 0.1) is 5.92 Å². The van der Waals surface area contributed by atoms with Crippen molar-refractivity contribution >= 4 is 10.0 Å². The molecule has 0 bridgehead atoms. The van der Waals surface area contributed by atoms with Crippen molar-refractivity contribution < 1.29 is 8.42 Å². The van der Waals surface area contributed by atoms with E-state index >= 15 is 0 Å². The number of hydrogen-bond donors (Lipinski definition) is 1. The standard InChI is InChI=1S/C15H25N3O2S/c1-3-13-5-4-9-18(10-8-13)21(19,20)15-7-6-14(11-16-2)12-17-15/h6-7,12-13,16H,3-5,8-11H2,1-2H3. The summed E-state index contributed by atoms with van der Waals surface area (Å²) in [6.45, 7) is 4.09. The molecule has 1 aliphatic rings. The third-order valence-corrected chi connectivity index (χ3v) is 5.98. The van der Waals surface area contributed by atoms with Gasteiger partial charge in [0.25, 0.3) is 10.0 Å². The number of rotatable bonds is 5. The molecule has 0 aliphatic carbocycles. The lowest BCUT2D eigenvalue weighted by atomic mass is 9.98. The van der Waals surface area contributed by atoms with Crippen molar-refractivity contribution in [1.82, 2.24) is 14.6 Å². The summed E-state index contributed by atoms with van der Waals surface area (Å²) in [6.07, 6.45) is 5.78. The maximum absolute atomic E-state index is 12.7. The highest BCUT2D eigenvalue weighted by Crippen LogP contribution is 2.24. The number of hydrogen-bond acceptors (Lipinski definition) is 4. The van der Waals surface area contributed by atoms with Crippen LogP contribution in [0.3, 0.4) is 0 Å². The van der Waals surface area contributed by atoms with E-state index < -0.39 is 10.0 Å². The normalized spacial score (nSPS) is 21.1. The summed E-state index contributed by atoms with van der Waals surface area (Å²) in [7, 11) is -1.59. The van der Waals surface area contributed by atoms with E-state index in [9.17, 15) is 8.42 Å². The molecule has 1 saturated heterocycles. The number of aromatic nitrogens is 1. The Hall–Kier alpha value is -0.980. The number of sulfonamides is 1. The summed E-state index contributed by atoms with van der Waals surface area (Å²) in [5.74, 6) is 0.649. The van der Waals surface area contributed by atoms with E-state index in [0.717, 1.165) is 31.2 Å². The van der Waals surface area contributed by atoms with Crippen LogP contribution in [0.15, 0.2) is 23.4 Å². The first-order chi connectivity index (χ1) is 10.1. The monoisotopic (exact) mass is 311 g/mol. The van der Waals surface area contributed by atoms with Crippen LogP contribution in [0.5, 0.6) is 0 Å². The molecule has 6 heteroatoms. The second-order valence-electron chi connectivity index (χ2n) is 5.64. The van der Waals surface area contributed by atoms with Crippen LogP contribution in [-0.4, -0.2) is 37.8 Å². The quantitative estimate of drug-likeness (QED) is 0.903. The molecule has 1 aromatic heterocycles. The minimum absolute atomic E-state index is 0.164. The van der Waals surface area contributed by atoms with Gasteiger partial charge >= 0.3 is 0 Å². The zero-order valence-corrected chi connectivity index (χ0v) is 13.7. The van der Waals surface area contributed by atoms with Gasteiger partial charge in [-0.25, -0.2) is 13.4 Å². The number of nitrogens with one attached hydrogen (secondary N) is 1. The summed E-state index contributed by atoms with van der Waals surface area (Å²) in [5, 5.41) is 3.19. The van der Waals surface area contributed by atoms with Crippen molar-refractivity contribution in [1.29, 1.82) is 0 Å². The molecule has 1 fully saturated rings. The molecule has 1 atom stereocenters. The fourth-order valence-corrected chi connectivity index (χ4v) is 4.20. The highest BCUT2D eigenvalue weighted by Gasteiger charge is 2.28. The van der Waals surface area contributed by atoms with E-state index in [2.05, 4.69) is 17.2 Å². The van der Waals surface area contributed by atoms with Crippen LogP contribution in [0.1, 0.15) is 38.2 Å². The lowest BCUT2D eigenvalue weighted by Gasteiger charge is -2.19. The van der Waals surface area contributed by atoms with Gasteiger partial charge in [0.15, 0.2) is 5.03 Å². The van der Waals surface area contributed by atoms with Gasteiger partial charge in [-0.1, -0.05) is 19.4 Å². The molecule has 1 aromatic rings. The van der Waals surface area contributed by atoms with E-state index in [-0.39, 0.29) is 5.03 Å². The average Bonchev–Trinajstić information content (AvgIpc) is 2.74. The molecule has 21 heavy (non-hydrogen) atoms. The Bertz CT molecular complexity index is 543. The van der Waals surface area contributed by atoms with Crippen molar-refractivity contribution in [2.45, 2.75) is 44.2 Å². The van der Waals surface area contributed by atoms with Crippen LogP contribution >= 0.6 is 0 Å². The lowest BCUT2D eigenvalue weighted by Crippen LogP contribution is -2.32. The lowest BCUT2D eigenvalue weighted by molar-refractivity contribution is 0.406. The van der Waals surface area contributed by atoms with Gasteiger partial charge in [0, 0.05) is 25.8 Å². The zero-order valence-electron chi connectivity index (χ0n) is 12.9. The zero-order chi connectivity index (χ0) is 15.3. The minimum Gasteiger partial charge on any atom is -0.316 e. The molecule has 2 rings (SSSR count). The Labute approximate surface area is 127 Å². The molecule has 118 valence electrons. The fraction of sp³-hybridized carbons (Fsp3) is 0.667. The van der Waals surface area contributed by atoms with Crippen molar-refractivity contribution in [3.8, 4) is 0 Å². The Morgan fingerprint density at radius 2 is 2.14 bits per heavy atom. The topological polar surface area (TPSA) is 62.3 Å². The molecule has 1 aliphatic heterocycles. The van der Waals surface area contributed by atoms with Gasteiger partial charge in [0.2, 0.25) is 0 Å². The van der Waals surface area contributed by atoms with Gasteiger partial charge in [0.1, 0.15) is 0 Å². The number of pyridine rings is 1. The van der Waals surface area contributed by atoms with E-state index in [4.69, 9.17) is 0 Å². The molecule has 0 saturated carbocycles. The highest BCUT2D eigenvalue weighted by atomic mass is 32.2. The Balaban J connectivity index is 2.13. The Kier molecular flexibility index (Phi) is 5.72. The molecule has 5 nitrogen and oxygen atoms in total. The second-order valence-corrected chi connectivity index (χ2v) is 7.53. The van der Waals surface area contributed by atoms with Gasteiger partial charge in [-0.15, -0.1) is 0 Å².